The standard InChI is InChI=1S/C18H16FN3O3/c1-3-25-17(23)15-10(2)20-18-21-13-8-12(19)4-5-14(13)22(18)16(15)11-6-7-24-9-11/h4-9,16H,3H2,1-2H3,(H,20,21). The van der Waals surface area contributed by atoms with Gasteiger partial charge in [0.15, 0.2) is 0 Å². The number of hydrogen-bond donors (Lipinski definition) is 1. The number of furan rings is 1. The van der Waals surface area contributed by atoms with Gasteiger partial charge in [0.2, 0.25) is 5.95 Å². The van der Waals surface area contributed by atoms with E-state index in [4.69, 9.17) is 9.15 Å². The van der Waals surface area contributed by atoms with Crippen molar-refractivity contribution in [2.45, 2.75) is 19.9 Å². The largest absolute Gasteiger partial charge is 0.472 e. The first-order valence-corrected chi connectivity index (χ1v) is 7.94. The number of benzene rings is 1. The Balaban J connectivity index is 1.97. The van der Waals surface area contributed by atoms with Crippen molar-refractivity contribution in [1.82, 2.24) is 9.55 Å². The lowest BCUT2D eigenvalue weighted by Crippen LogP contribution is -2.28. The van der Waals surface area contributed by atoms with Crippen LogP contribution in [0.5, 0.6) is 0 Å². The van der Waals surface area contributed by atoms with Gasteiger partial charge < -0.3 is 14.5 Å². The summed E-state index contributed by atoms with van der Waals surface area (Å²) in [7, 11) is 0. The number of ether oxygens (including phenoxy) is 1. The van der Waals surface area contributed by atoms with Crippen LogP contribution < -0.4 is 5.32 Å². The van der Waals surface area contributed by atoms with Crippen LogP contribution in [0, 0.1) is 5.82 Å². The summed E-state index contributed by atoms with van der Waals surface area (Å²) in [6.07, 6.45) is 3.13. The minimum absolute atomic E-state index is 0.274. The summed E-state index contributed by atoms with van der Waals surface area (Å²) >= 11 is 0. The van der Waals surface area contributed by atoms with Crippen molar-refractivity contribution in [3.05, 3.63) is 59.4 Å². The summed E-state index contributed by atoms with van der Waals surface area (Å²) in [6, 6.07) is 5.72. The number of nitrogens with zero attached hydrogens (tertiary/aromatic N) is 2. The number of aromatic nitrogens is 2. The molecule has 0 amide bonds. The Hall–Kier alpha value is -3.09. The molecule has 3 aromatic rings. The molecule has 1 unspecified atom stereocenters. The molecule has 1 aromatic carbocycles. The van der Waals surface area contributed by atoms with Crippen LogP contribution in [0.2, 0.25) is 0 Å². The zero-order chi connectivity index (χ0) is 17.6. The zero-order valence-corrected chi connectivity index (χ0v) is 13.7. The summed E-state index contributed by atoms with van der Waals surface area (Å²) in [5.41, 5.74) is 3.12. The lowest BCUT2D eigenvalue weighted by atomic mass is 9.97. The maximum Gasteiger partial charge on any atom is 0.338 e. The zero-order valence-electron chi connectivity index (χ0n) is 13.7. The first-order valence-electron chi connectivity index (χ1n) is 7.94. The fourth-order valence-electron chi connectivity index (χ4n) is 3.21. The Morgan fingerprint density at radius 1 is 1.44 bits per heavy atom. The van der Waals surface area contributed by atoms with E-state index in [1.54, 1.807) is 38.5 Å². The molecule has 0 radical (unpaired) electrons. The molecule has 1 aliphatic rings. The van der Waals surface area contributed by atoms with Crippen LogP contribution in [0.1, 0.15) is 25.5 Å². The normalized spacial score (nSPS) is 16.7. The third kappa shape index (κ3) is 2.39. The van der Waals surface area contributed by atoms with Gasteiger partial charge >= 0.3 is 5.97 Å². The highest BCUT2D eigenvalue weighted by Gasteiger charge is 2.35. The molecule has 0 aliphatic carbocycles. The van der Waals surface area contributed by atoms with E-state index in [1.165, 1.54) is 12.1 Å². The molecule has 0 bridgehead atoms. The number of esters is 1. The second kappa shape index (κ2) is 5.77. The molecule has 0 spiro atoms. The van der Waals surface area contributed by atoms with Gasteiger partial charge in [-0.15, -0.1) is 0 Å². The summed E-state index contributed by atoms with van der Waals surface area (Å²) < 4.78 is 25.9. The van der Waals surface area contributed by atoms with E-state index in [2.05, 4.69) is 10.3 Å². The number of rotatable bonds is 3. The number of carbonyl (C=O) groups excluding carboxylic acids is 1. The van der Waals surface area contributed by atoms with Gasteiger partial charge in [0.05, 0.1) is 41.8 Å². The molecular weight excluding hydrogens is 325 g/mol. The van der Waals surface area contributed by atoms with E-state index in [0.717, 1.165) is 5.56 Å². The van der Waals surface area contributed by atoms with Crippen LogP contribution >= 0.6 is 0 Å². The second-order valence-electron chi connectivity index (χ2n) is 5.78. The summed E-state index contributed by atoms with van der Waals surface area (Å²) in [4.78, 5) is 17.1. The smallest absolute Gasteiger partial charge is 0.338 e. The SMILES string of the molecule is CCOC(=O)C1=C(C)Nc2nc3cc(F)ccc3n2C1c1ccoc1. The quantitative estimate of drug-likeness (QED) is 0.737. The van der Waals surface area contributed by atoms with Gasteiger partial charge in [-0.3, -0.25) is 4.57 Å². The van der Waals surface area contributed by atoms with Gasteiger partial charge in [0, 0.05) is 17.3 Å². The Morgan fingerprint density at radius 2 is 2.28 bits per heavy atom. The van der Waals surface area contributed by atoms with Crippen LogP contribution in [0.3, 0.4) is 0 Å². The summed E-state index contributed by atoms with van der Waals surface area (Å²) in [6.45, 7) is 3.83. The molecule has 0 saturated heterocycles. The number of halogens is 1. The number of hydrogen-bond acceptors (Lipinski definition) is 5. The topological polar surface area (TPSA) is 69.3 Å². The lowest BCUT2D eigenvalue weighted by molar-refractivity contribution is -0.139. The fraction of sp³-hybridized carbons (Fsp3) is 0.222. The molecule has 1 aliphatic heterocycles. The van der Waals surface area contributed by atoms with E-state index >= 15 is 0 Å². The molecule has 6 nitrogen and oxygen atoms in total. The Bertz CT molecular complexity index is 989. The van der Waals surface area contributed by atoms with E-state index in [-0.39, 0.29) is 12.4 Å². The van der Waals surface area contributed by atoms with Crippen LogP contribution in [0.25, 0.3) is 11.0 Å². The van der Waals surface area contributed by atoms with Gasteiger partial charge in [-0.05, 0) is 32.0 Å². The molecule has 2 aromatic heterocycles. The highest BCUT2D eigenvalue weighted by molar-refractivity contribution is 5.94. The van der Waals surface area contributed by atoms with Gasteiger partial charge in [-0.2, -0.15) is 0 Å². The van der Waals surface area contributed by atoms with Crippen molar-refractivity contribution in [3.8, 4) is 0 Å². The minimum Gasteiger partial charge on any atom is -0.472 e. The lowest BCUT2D eigenvalue weighted by Gasteiger charge is -2.29. The number of nitrogens with one attached hydrogen (secondary N) is 1. The molecule has 1 N–H and O–H groups in total. The van der Waals surface area contributed by atoms with E-state index < -0.39 is 12.0 Å². The highest BCUT2D eigenvalue weighted by atomic mass is 19.1. The molecule has 25 heavy (non-hydrogen) atoms. The van der Waals surface area contributed by atoms with Crippen molar-refractivity contribution >= 4 is 23.0 Å². The number of imidazole rings is 1. The monoisotopic (exact) mass is 341 g/mol. The third-order valence-electron chi connectivity index (χ3n) is 4.24. The van der Waals surface area contributed by atoms with Crippen molar-refractivity contribution in [3.63, 3.8) is 0 Å². The summed E-state index contributed by atoms with van der Waals surface area (Å²) in [5, 5.41) is 3.13. The third-order valence-corrected chi connectivity index (χ3v) is 4.24. The van der Waals surface area contributed by atoms with Gasteiger partial charge in [0.1, 0.15) is 5.82 Å². The minimum atomic E-state index is -0.468. The molecular formula is C18H16FN3O3. The molecule has 0 saturated carbocycles. The fourth-order valence-corrected chi connectivity index (χ4v) is 3.21. The van der Waals surface area contributed by atoms with Crippen molar-refractivity contribution in [2.24, 2.45) is 0 Å². The van der Waals surface area contributed by atoms with Crippen molar-refractivity contribution < 1.29 is 18.3 Å². The Morgan fingerprint density at radius 3 is 3.00 bits per heavy atom. The predicted molar refractivity (Wildman–Crippen MR) is 89.5 cm³/mol. The first-order chi connectivity index (χ1) is 12.1. The number of fused-ring (bicyclic) bond motifs is 3. The van der Waals surface area contributed by atoms with Gasteiger partial charge in [-0.25, -0.2) is 14.2 Å². The highest BCUT2D eigenvalue weighted by Crippen LogP contribution is 2.39. The Labute approximate surface area is 142 Å². The number of carbonyl (C=O) groups is 1. The molecule has 128 valence electrons. The van der Waals surface area contributed by atoms with Crippen LogP contribution in [-0.2, 0) is 9.53 Å². The van der Waals surface area contributed by atoms with E-state index in [0.29, 0.717) is 28.3 Å². The number of anilines is 1. The molecule has 3 heterocycles. The van der Waals surface area contributed by atoms with Crippen LogP contribution in [0.15, 0.2) is 52.5 Å². The first kappa shape index (κ1) is 15.4. The van der Waals surface area contributed by atoms with Crippen LogP contribution in [-0.4, -0.2) is 22.1 Å². The predicted octanol–water partition coefficient (Wildman–Crippen LogP) is 3.62. The molecule has 0 fully saturated rings. The number of allylic oxidation sites excluding steroid dienone is 1. The van der Waals surface area contributed by atoms with Gasteiger partial charge in [0.25, 0.3) is 0 Å². The average Bonchev–Trinajstić information content (AvgIpc) is 3.20. The molecule has 4 rings (SSSR count). The molecule has 7 heteroatoms. The average molecular weight is 341 g/mol. The van der Waals surface area contributed by atoms with Crippen molar-refractivity contribution in [2.75, 3.05) is 11.9 Å². The van der Waals surface area contributed by atoms with Gasteiger partial charge in [-0.1, -0.05) is 0 Å². The molecule has 1 atom stereocenters. The maximum atomic E-state index is 13.6. The van der Waals surface area contributed by atoms with Crippen molar-refractivity contribution in [1.29, 1.82) is 0 Å². The van der Waals surface area contributed by atoms with E-state index in [1.807, 2.05) is 4.57 Å². The maximum absolute atomic E-state index is 13.6. The van der Waals surface area contributed by atoms with E-state index in [9.17, 15) is 9.18 Å². The summed E-state index contributed by atoms with van der Waals surface area (Å²) in [5.74, 6) is -0.233. The second-order valence-corrected chi connectivity index (χ2v) is 5.78. The Kier molecular flexibility index (Phi) is 3.56. The van der Waals surface area contributed by atoms with Crippen LogP contribution in [0.4, 0.5) is 10.3 Å².